The van der Waals surface area contributed by atoms with E-state index in [0.717, 1.165) is 11.1 Å². The number of benzene rings is 3. The quantitative estimate of drug-likeness (QED) is 0.245. The monoisotopic (exact) mass is 600 g/mol. The second-order valence-corrected chi connectivity index (χ2v) is 12.8. The zero-order chi connectivity index (χ0) is 30.5. The zero-order valence-electron chi connectivity index (χ0n) is 23.9. The Kier molecular flexibility index (Phi) is 7.26. The van der Waals surface area contributed by atoms with Crippen LogP contribution in [-0.2, 0) is 19.1 Å². The summed E-state index contributed by atoms with van der Waals surface area (Å²) in [5.41, 5.74) is -0.749. The highest BCUT2D eigenvalue weighted by molar-refractivity contribution is 8.00. The molecule has 3 aromatic carbocycles. The van der Waals surface area contributed by atoms with E-state index in [1.165, 1.54) is 33.5 Å². The standard InChI is InChI=1S/C32H32N4O6S/c1-31(2)35(28(38)23(36(31)33-41)20-13-7-4-8-14-20)24-27(37)34-26(32(3,40)19-43-29(24)34)30(39)42-25(21-15-9-5-10-16-21)22-17-11-6-12-18-22/h4-18,23-26,29,40H,19H2,1-3H3/t23?,24?,26?,29-,32?/m0/s1. The molecule has 3 aliphatic heterocycles. The van der Waals surface area contributed by atoms with Gasteiger partial charge in [-0.2, -0.15) is 0 Å². The van der Waals surface area contributed by atoms with E-state index >= 15 is 0 Å². The van der Waals surface area contributed by atoms with Crippen molar-refractivity contribution >= 4 is 29.5 Å². The topological polar surface area (TPSA) is 120 Å². The Labute approximate surface area is 253 Å². The van der Waals surface area contributed by atoms with E-state index in [9.17, 15) is 24.4 Å². The Morgan fingerprint density at radius 2 is 1.44 bits per heavy atom. The minimum absolute atomic E-state index is 0.124. The van der Waals surface area contributed by atoms with Crippen molar-refractivity contribution in [2.24, 2.45) is 5.29 Å². The maximum Gasteiger partial charge on any atom is 0.332 e. The Hall–Kier alpha value is -4.22. The molecule has 4 unspecified atom stereocenters. The van der Waals surface area contributed by atoms with Crippen molar-refractivity contribution in [2.45, 2.75) is 61.6 Å². The van der Waals surface area contributed by atoms with Gasteiger partial charge >= 0.3 is 5.97 Å². The third-order valence-electron chi connectivity index (χ3n) is 8.47. The molecule has 3 heterocycles. The molecule has 2 amide bonds. The Morgan fingerprint density at radius 3 is 1.98 bits per heavy atom. The number of ether oxygens (including phenoxy) is 1. The first kappa shape index (κ1) is 28.9. The van der Waals surface area contributed by atoms with Crippen LogP contribution in [-0.4, -0.2) is 72.2 Å². The van der Waals surface area contributed by atoms with Crippen molar-refractivity contribution in [1.29, 1.82) is 0 Å². The van der Waals surface area contributed by atoms with E-state index in [2.05, 4.69) is 5.29 Å². The van der Waals surface area contributed by atoms with Crippen LogP contribution < -0.4 is 0 Å². The summed E-state index contributed by atoms with van der Waals surface area (Å²) < 4.78 is 6.08. The molecule has 6 rings (SSSR count). The highest BCUT2D eigenvalue weighted by Gasteiger charge is 2.68. The summed E-state index contributed by atoms with van der Waals surface area (Å²) in [7, 11) is 0. The van der Waals surface area contributed by atoms with Crippen LogP contribution in [0.15, 0.2) is 96.3 Å². The molecule has 0 aliphatic carbocycles. The van der Waals surface area contributed by atoms with Gasteiger partial charge in [-0.15, -0.1) is 16.7 Å². The van der Waals surface area contributed by atoms with Crippen molar-refractivity contribution < 1.29 is 24.2 Å². The third-order valence-corrected chi connectivity index (χ3v) is 10.1. The number of fused-ring (bicyclic) bond motifs is 1. The van der Waals surface area contributed by atoms with Gasteiger partial charge in [-0.05, 0) is 37.5 Å². The van der Waals surface area contributed by atoms with Crippen molar-refractivity contribution in [1.82, 2.24) is 14.8 Å². The molecule has 3 fully saturated rings. The van der Waals surface area contributed by atoms with E-state index in [4.69, 9.17) is 4.74 Å². The summed E-state index contributed by atoms with van der Waals surface area (Å²) >= 11 is 1.29. The molecule has 0 aromatic heterocycles. The van der Waals surface area contributed by atoms with Crippen LogP contribution in [0.2, 0.25) is 0 Å². The molecule has 10 nitrogen and oxygen atoms in total. The maximum atomic E-state index is 14.0. The molecule has 0 saturated carbocycles. The smallest absolute Gasteiger partial charge is 0.332 e. The molecule has 43 heavy (non-hydrogen) atoms. The first-order valence-electron chi connectivity index (χ1n) is 14.0. The zero-order valence-corrected chi connectivity index (χ0v) is 24.8. The van der Waals surface area contributed by atoms with Crippen LogP contribution in [0.5, 0.6) is 0 Å². The molecule has 0 bridgehead atoms. The lowest BCUT2D eigenvalue weighted by Gasteiger charge is -2.59. The van der Waals surface area contributed by atoms with Gasteiger partial charge in [0.2, 0.25) is 5.91 Å². The van der Waals surface area contributed by atoms with Gasteiger partial charge in [-0.1, -0.05) is 91.0 Å². The summed E-state index contributed by atoms with van der Waals surface area (Å²) in [6.07, 6.45) is -0.760. The molecule has 11 heteroatoms. The number of aliphatic hydroxyl groups is 1. The van der Waals surface area contributed by atoms with Crippen molar-refractivity contribution in [2.75, 3.05) is 5.75 Å². The fourth-order valence-electron chi connectivity index (χ4n) is 6.39. The van der Waals surface area contributed by atoms with E-state index in [1.807, 2.05) is 66.7 Å². The summed E-state index contributed by atoms with van der Waals surface area (Å²) in [5.74, 6) is -1.56. The lowest BCUT2D eigenvalue weighted by atomic mass is 9.89. The first-order valence-corrected chi connectivity index (χ1v) is 15.1. The van der Waals surface area contributed by atoms with E-state index in [0.29, 0.717) is 5.56 Å². The number of nitroso groups, excluding NO2 is 1. The Bertz CT molecular complexity index is 1500. The predicted molar refractivity (Wildman–Crippen MR) is 160 cm³/mol. The number of esters is 1. The van der Waals surface area contributed by atoms with Gasteiger partial charge < -0.3 is 19.6 Å². The molecule has 0 radical (unpaired) electrons. The minimum atomic E-state index is -1.59. The molecule has 3 aliphatic rings. The van der Waals surface area contributed by atoms with E-state index < -0.39 is 58.7 Å². The van der Waals surface area contributed by atoms with Crippen LogP contribution in [0.4, 0.5) is 0 Å². The fraction of sp³-hybridized carbons (Fsp3) is 0.344. The van der Waals surface area contributed by atoms with E-state index in [-0.39, 0.29) is 5.75 Å². The fourth-order valence-corrected chi connectivity index (χ4v) is 7.87. The number of amides is 2. The van der Waals surface area contributed by atoms with Gasteiger partial charge in [0.25, 0.3) is 5.91 Å². The average molecular weight is 601 g/mol. The third kappa shape index (κ3) is 4.67. The summed E-state index contributed by atoms with van der Waals surface area (Å²) in [5, 5.41) is 15.2. The summed E-state index contributed by atoms with van der Waals surface area (Å²) in [6.45, 7) is 4.85. The van der Waals surface area contributed by atoms with Crippen molar-refractivity contribution in [3.05, 3.63) is 113 Å². The van der Waals surface area contributed by atoms with Crippen molar-refractivity contribution in [3.8, 4) is 0 Å². The maximum absolute atomic E-state index is 14.0. The average Bonchev–Trinajstić information content (AvgIpc) is 3.20. The van der Waals surface area contributed by atoms with Crippen LogP contribution in [0.25, 0.3) is 0 Å². The van der Waals surface area contributed by atoms with Crippen molar-refractivity contribution in [3.63, 3.8) is 0 Å². The highest BCUT2D eigenvalue weighted by atomic mass is 32.2. The number of carbonyl (C=O) groups excluding carboxylic acids is 3. The number of nitrogens with zero attached hydrogens (tertiary/aromatic N) is 4. The van der Waals surface area contributed by atoms with Crippen LogP contribution in [0.3, 0.4) is 0 Å². The molecule has 1 N–H and O–H groups in total. The lowest BCUT2D eigenvalue weighted by Crippen LogP contribution is -2.80. The molecule has 0 spiro atoms. The molecule has 3 aromatic rings. The highest BCUT2D eigenvalue weighted by Crippen LogP contribution is 2.50. The van der Waals surface area contributed by atoms with Crippen LogP contribution >= 0.6 is 11.8 Å². The van der Waals surface area contributed by atoms with E-state index in [1.54, 1.807) is 38.1 Å². The number of hydrogen-bond acceptors (Lipinski definition) is 8. The van der Waals surface area contributed by atoms with Gasteiger partial charge in [0.1, 0.15) is 22.7 Å². The van der Waals surface area contributed by atoms with Gasteiger partial charge in [0, 0.05) is 5.75 Å². The number of thioether (sulfide) groups is 1. The van der Waals surface area contributed by atoms with Crippen LogP contribution in [0, 0.1) is 4.91 Å². The largest absolute Gasteiger partial charge is 0.451 e. The number of β-lactam (4-membered cyclic amide) rings is 1. The molecular weight excluding hydrogens is 568 g/mol. The Morgan fingerprint density at radius 1 is 0.907 bits per heavy atom. The van der Waals surface area contributed by atoms with Crippen LogP contribution in [0.1, 0.15) is 49.6 Å². The summed E-state index contributed by atoms with van der Waals surface area (Å²) in [6, 6.07) is 24.1. The second-order valence-electron chi connectivity index (χ2n) is 11.7. The van der Waals surface area contributed by atoms with Gasteiger partial charge in [0.15, 0.2) is 18.2 Å². The second kappa shape index (κ2) is 10.8. The van der Waals surface area contributed by atoms with Gasteiger partial charge in [0.05, 0.1) is 5.29 Å². The molecule has 5 atom stereocenters. The van der Waals surface area contributed by atoms with Gasteiger partial charge in [-0.3, -0.25) is 9.59 Å². The minimum Gasteiger partial charge on any atom is -0.451 e. The first-order chi connectivity index (χ1) is 20.6. The number of rotatable bonds is 7. The Balaban J connectivity index is 1.30. The normalized spacial score (nSPS) is 28.0. The predicted octanol–water partition coefficient (Wildman–Crippen LogP) is 4.03. The lowest BCUT2D eigenvalue weighted by molar-refractivity contribution is -0.188. The molecule has 3 saturated heterocycles. The number of hydrogen-bond donors (Lipinski definition) is 1. The number of carbonyl (C=O) groups is 3. The molecule has 222 valence electrons. The summed E-state index contributed by atoms with van der Waals surface area (Å²) in [4.78, 5) is 56.6. The SMILES string of the molecule is CC1(O)CS[C@H]2C(N3C(=O)C(c4ccccc4)N(N=O)C3(C)C)C(=O)N2C1C(=O)OC(c1ccccc1)c1ccccc1. The molecular formula is C32H32N4O6S. The van der Waals surface area contributed by atoms with Gasteiger partial charge in [-0.25, -0.2) is 9.80 Å².